The van der Waals surface area contributed by atoms with E-state index in [2.05, 4.69) is 297 Å². The lowest BCUT2D eigenvalue weighted by atomic mass is 9.70. The van der Waals surface area contributed by atoms with Gasteiger partial charge in [-0.1, -0.05) is 172 Å². The van der Waals surface area contributed by atoms with Crippen LogP contribution in [0.2, 0.25) is 0 Å². The van der Waals surface area contributed by atoms with E-state index in [0.29, 0.717) is 0 Å². The van der Waals surface area contributed by atoms with Crippen molar-refractivity contribution < 1.29 is 18.6 Å². The molecule has 3 heterocycles. The third-order valence-corrected chi connectivity index (χ3v) is 20.5. The lowest BCUT2D eigenvalue weighted by molar-refractivity contribution is 0.00578. The van der Waals surface area contributed by atoms with Gasteiger partial charge in [0.15, 0.2) is 0 Å². The number of anilines is 3. The Kier molecular flexibility index (Phi) is 10.8. The van der Waals surface area contributed by atoms with Gasteiger partial charge in [-0.2, -0.15) is 0 Å². The van der Waals surface area contributed by atoms with Gasteiger partial charge in [0.2, 0.25) is 0 Å². The molecule has 410 valence electrons. The van der Waals surface area contributed by atoms with Crippen LogP contribution >= 0.6 is 0 Å². The summed E-state index contributed by atoms with van der Waals surface area (Å²) in [4.78, 5) is 2.48. The fraction of sp³-hybridized carbons (Fsp3) is 0.211. The number of nitrogens with zero attached hydrogens (tertiary/aromatic N) is 2. The lowest BCUT2D eigenvalue weighted by Crippen LogP contribution is -2.41. The fourth-order valence-electron chi connectivity index (χ4n) is 14.7. The van der Waals surface area contributed by atoms with E-state index < -0.39 is 42.1 Å². The van der Waals surface area contributed by atoms with Gasteiger partial charge in [0.05, 0.1) is 38.9 Å². The molecule has 0 radical (unpaired) electrons. The first kappa shape index (κ1) is 51.4. The minimum absolute atomic E-state index is 0.168. The number of aromatic nitrogens is 1. The molecule has 1 aromatic heterocycles. The highest BCUT2D eigenvalue weighted by molar-refractivity contribution is 6.63. The average molecular weight is 1090 g/mol. The molecule has 8 heteroatoms. The average Bonchev–Trinajstić information content (AvgIpc) is 1.59. The van der Waals surface area contributed by atoms with Crippen molar-refractivity contribution in [1.82, 2.24) is 4.57 Å². The molecule has 0 atom stereocenters. The molecule has 5 aliphatic rings. The summed E-state index contributed by atoms with van der Waals surface area (Å²) in [6.07, 6.45) is 0. The molecular weight excluding hydrogens is 1030 g/mol. The third-order valence-electron chi connectivity index (χ3n) is 20.5. The maximum absolute atomic E-state index is 6.60. The van der Waals surface area contributed by atoms with Crippen LogP contribution in [0.4, 0.5) is 17.1 Å². The summed E-state index contributed by atoms with van der Waals surface area (Å²) in [5.41, 5.74) is 24.2. The van der Waals surface area contributed by atoms with Crippen LogP contribution in [0.15, 0.2) is 218 Å². The number of benzene rings is 10. The SMILES string of the molecule is CC1(C)c2ccccc2-c2ccc(N(c3ccc(-c4ccc(-n5c6ccc(B7OC(C)(C)C(C)(C)O7)cc6c6cc(B7OC(C)(C)C(C)(C)O7)ccc65)cc4)cc3)c3ccc4c(c3)C3(c5ccccc5-c5ccccc53)c3ccccc3-4)cc21. The van der Waals surface area contributed by atoms with Crippen molar-refractivity contribution in [3.05, 3.63) is 252 Å². The molecule has 0 N–H and O–H groups in total. The maximum atomic E-state index is 6.60. The largest absolute Gasteiger partial charge is 0.494 e. The Labute approximate surface area is 493 Å². The summed E-state index contributed by atoms with van der Waals surface area (Å²) in [7, 11) is -0.987. The van der Waals surface area contributed by atoms with Gasteiger partial charge in [-0.15, -0.1) is 0 Å². The van der Waals surface area contributed by atoms with Crippen LogP contribution in [0.5, 0.6) is 0 Å². The van der Waals surface area contributed by atoms with Crippen molar-refractivity contribution in [3.8, 4) is 50.2 Å². The number of hydrogen-bond acceptors (Lipinski definition) is 5. The van der Waals surface area contributed by atoms with E-state index in [9.17, 15) is 0 Å². The van der Waals surface area contributed by atoms with E-state index in [0.717, 1.165) is 66.6 Å². The quantitative estimate of drug-likeness (QED) is 0.149. The monoisotopic (exact) mass is 1090 g/mol. The molecule has 16 rings (SSSR count). The highest BCUT2D eigenvalue weighted by Crippen LogP contribution is 2.63. The second-order valence-corrected chi connectivity index (χ2v) is 26.5. The summed E-state index contributed by atoms with van der Waals surface area (Å²) in [6.45, 7) is 21.6. The number of hydrogen-bond donors (Lipinski definition) is 0. The van der Waals surface area contributed by atoms with Gasteiger partial charge in [0.1, 0.15) is 0 Å². The van der Waals surface area contributed by atoms with Gasteiger partial charge in [-0.3, -0.25) is 0 Å². The second kappa shape index (κ2) is 17.7. The van der Waals surface area contributed by atoms with Crippen molar-refractivity contribution >= 4 is 64.0 Å². The van der Waals surface area contributed by atoms with Crippen LogP contribution in [0.25, 0.3) is 72.0 Å². The third kappa shape index (κ3) is 7.15. The van der Waals surface area contributed by atoms with Crippen molar-refractivity contribution in [2.45, 2.75) is 102 Å². The molecule has 84 heavy (non-hydrogen) atoms. The van der Waals surface area contributed by atoms with Crippen molar-refractivity contribution in [3.63, 3.8) is 0 Å². The summed E-state index contributed by atoms with van der Waals surface area (Å²) in [5, 5.41) is 2.22. The van der Waals surface area contributed by atoms with Gasteiger partial charge in [-0.05, 0) is 205 Å². The Morgan fingerprint density at radius 1 is 0.321 bits per heavy atom. The molecule has 11 aromatic rings. The van der Waals surface area contributed by atoms with Gasteiger partial charge < -0.3 is 28.1 Å². The van der Waals surface area contributed by atoms with Gasteiger partial charge in [-0.25, -0.2) is 0 Å². The Hall–Kier alpha value is -8.23. The minimum Gasteiger partial charge on any atom is -0.399 e. The molecule has 0 saturated carbocycles. The van der Waals surface area contributed by atoms with E-state index in [1.54, 1.807) is 0 Å². The number of rotatable bonds is 7. The molecule has 3 aliphatic carbocycles. The molecular formula is C76H66B2N2O4. The molecule has 10 aromatic carbocycles. The first-order chi connectivity index (χ1) is 40.3. The molecule has 6 nitrogen and oxygen atoms in total. The smallest absolute Gasteiger partial charge is 0.399 e. The Morgan fingerprint density at radius 2 is 0.679 bits per heavy atom. The summed E-state index contributed by atoms with van der Waals surface area (Å²) in [5.74, 6) is 0. The minimum atomic E-state index is -0.494. The van der Waals surface area contributed by atoms with E-state index in [1.165, 1.54) is 66.8 Å². The van der Waals surface area contributed by atoms with Crippen LogP contribution in [-0.4, -0.2) is 41.2 Å². The van der Waals surface area contributed by atoms with Crippen molar-refractivity contribution in [2.24, 2.45) is 0 Å². The molecule has 0 amide bonds. The zero-order valence-corrected chi connectivity index (χ0v) is 49.5. The first-order valence-corrected chi connectivity index (χ1v) is 29.8. The summed E-state index contributed by atoms with van der Waals surface area (Å²) < 4.78 is 28.8. The molecule has 0 bridgehead atoms. The maximum Gasteiger partial charge on any atom is 0.494 e. The normalized spacial score (nSPS) is 18.2. The van der Waals surface area contributed by atoms with Gasteiger partial charge >= 0.3 is 14.2 Å². The standard InChI is InChI=1S/C76H66B2N2O4/c1-71(2)63-23-15-11-19-55(63)59-39-37-53(45-67(59)71)79(54-38-40-60-58-22-14-18-26-66(58)76(68(60)46-54)64-24-16-12-20-56(64)57-21-13-17-25-65(57)76)51-33-27-47(28-34-51)48-29-35-52(36-30-48)80-69-41-31-49(77-81-72(3,4)73(5,6)82-77)43-61(69)62-44-50(32-42-70(62)80)78-83-74(7,8)75(9,10)84-78/h11-46H,1-10H3. The van der Waals surface area contributed by atoms with Crippen LogP contribution in [0.1, 0.15) is 103 Å². The predicted octanol–water partition coefficient (Wildman–Crippen LogP) is 17.2. The molecule has 0 unspecified atom stereocenters. The zero-order valence-electron chi connectivity index (χ0n) is 49.5. The Morgan fingerprint density at radius 3 is 1.13 bits per heavy atom. The predicted molar refractivity (Wildman–Crippen MR) is 346 cm³/mol. The van der Waals surface area contributed by atoms with Crippen LogP contribution in [0.3, 0.4) is 0 Å². The highest BCUT2D eigenvalue weighted by Gasteiger charge is 2.54. The molecule has 2 aliphatic heterocycles. The highest BCUT2D eigenvalue weighted by atomic mass is 16.7. The van der Waals surface area contributed by atoms with E-state index >= 15 is 0 Å². The van der Waals surface area contributed by atoms with Crippen LogP contribution in [0, 0.1) is 0 Å². The van der Waals surface area contributed by atoms with E-state index in [-0.39, 0.29) is 5.41 Å². The van der Waals surface area contributed by atoms with E-state index in [4.69, 9.17) is 18.6 Å². The second-order valence-electron chi connectivity index (χ2n) is 26.5. The lowest BCUT2D eigenvalue weighted by Gasteiger charge is -2.32. The fourth-order valence-corrected chi connectivity index (χ4v) is 14.7. The summed E-state index contributed by atoms with van der Waals surface area (Å²) >= 11 is 0. The molecule has 2 saturated heterocycles. The molecule has 2 fully saturated rings. The van der Waals surface area contributed by atoms with Crippen molar-refractivity contribution in [2.75, 3.05) is 4.90 Å². The topological polar surface area (TPSA) is 45.1 Å². The van der Waals surface area contributed by atoms with Crippen LogP contribution in [-0.2, 0) is 29.4 Å². The summed E-state index contributed by atoms with van der Waals surface area (Å²) in [6, 6.07) is 81.9. The number of fused-ring (bicyclic) bond motifs is 16. The van der Waals surface area contributed by atoms with Crippen LogP contribution < -0.4 is 15.8 Å². The Bertz CT molecular complexity index is 4380. The van der Waals surface area contributed by atoms with Crippen molar-refractivity contribution in [1.29, 1.82) is 0 Å². The van der Waals surface area contributed by atoms with Gasteiger partial charge in [0, 0.05) is 38.9 Å². The molecule has 1 spiro atoms. The van der Waals surface area contributed by atoms with Gasteiger partial charge in [0.25, 0.3) is 0 Å². The Balaban J connectivity index is 0.800. The van der Waals surface area contributed by atoms with E-state index in [1.807, 2.05) is 0 Å². The first-order valence-electron chi connectivity index (χ1n) is 29.8. The zero-order chi connectivity index (χ0) is 57.5.